The average Bonchev–Trinajstić information content (AvgIpc) is 3.24. The molecule has 1 aliphatic rings. The minimum atomic E-state index is -0.588. The van der Waals surface area contributed by atoms with E-state index in [-0.39, 0.29) is 25.0 Å². The van der Waals surface area contributed by atoms with Crippen LogP contribution >= 0.6 is 11.6 Å². The topological polar surface area (TPSA) is 85.0 Å². The fourth-order valence-electron chi connectivity index (χ4n) is 4.81. The third-order valence-corrected chi connectivity index (χ3v) is 7.05. The van der Waals surface area contributed by atoms with Gasteiger partial charge in [0.1, 0.15) is 5.75 Å². The number of β-amino-alcohol motifs (C(OH)–C–C–N with tert-alkyl or cyclic N) is 1. The summed E-state index contributed by atoms with van der Waals surface area (Å²) in [4.78, 5) is 13.7. The minimum absolute atomic E-state index is 0.233. The van der Waals surface area contributed by atoms with E-state index in [0.717, 1.165) is 47.5 Å². The van der Waals surface area contributed by atoms with Crippen molar-refractivity contribution in [1.29, 1.82) is 0 Å². The van der Waals surface area contributed by atoms with Crippen LogP contribution in [0.25, 0.3) is 0 Å². The maximum absolute atomic E-state index is 11.3. The molecule has 7 heteroatoms. The molecule has 1 saturated heterocycles. The molecule has 6 nitrogen and oxygen atoms in total. The standard InChI is InChI=1S/C27H37ClN2O4/c1-18-14-20(9-11-25(18)28)15-21-6-5-13-30(21)16-22(31)17-34-19(2)23-7-4-8-26(33-3)24(23)10-12-27(29)32/h4,7-9,11,14,19,21-22,31H,5-6,10,12-13,15-17H2,1-3H3,(H2,29,32)/t19-,21+,22-/m1/s1. The van der Waals surface area contributed by atoms with Crippen LogP contribution in [0.3, 0.4) is 0 Å². The lowest BCUT2D eigenvalue weighted by Gasteiger charge is -2.28. The van der Waals surface area contributed by atoms with Crippen molar-refractivity contribution < 1.29 is 19.4 Å². The molecule has 0 unspecified atom stereocenters. The normalized spacial score (nSPS) is 18.1. The average molecular weight is 489 g/mol. The highest BCUT2D eigenvalue weighted by Crippen LogP contribution is 2.30. The van der Waals surface area contributed by atoms with Crippen molar-refractivity contribution in [1.82, 2.24) is 4.90 Å². The Morgan fingerprint density at radius 3 is 2.82 bits per heavy atom. The molecule has 3 rings (SSSR count). The van der Waals surface area contributed by atoms with Gasteiger partial charge in [0.2, 0.25) is 5.91 Å². The van der Waals surface area contributed by atoms with Gasteiger partial charge in [-0.15, -0.1) is 0 Å². The number of benzene rings is 2. The van der Waals surface area contributed by atoms with Gasteiger partial charge in [-0.3, -0.25) is 9.69 Å². The second kappa shape index (κ2) is 12.5. The molecule has 0 aromatic heterocycles. The van der Waals surface area contributed by atoms with Gasteiger partial charge in [0.25, 0.3) is 0 Å². The van der Waals surface area contributed by atoms with Crippen molar-refractivity contribution in [3.63, 3.8) is 0 Å². The molecule has 0 saturated carbocycles. The second-order valence-electron chi connectivity index (χ2n) is 9.20. The molecule has 1 aliphatic heterocycles. The molecule has 186 valence electrons. The quantitative estimate of drug-likeness (QED) is 0.467. The summed E-state index contributed by atoms with van der Waals surface area (Å²) in [7, 11) is 1.61. The highest BCUT2D eigenvalue weighted by Gasteiger charge is 2.27. The zero-order valence-corrected chi connectivity index (χ0v) is 21.2. The number of likely N-dealkylation sites (tertiary alicyclic amines) is 1. The fourth-order valence-corrected chi connectivity index (χ4v) is 4.93. The molecule has 1 amide bonds. The van der Waals surface area contributed by atoms with E-state index in [1.165, 1.54) is 5.56 Å². The maximum Gasteiger partial charge on any atom is 0.217 e. The molecule has 1 fully saturated rings. The molecule has 3 N–H and O–H groups in total. The van der Waals surface area contributed by atoms with Crippen molar-refractivity contribution >= 4 is 17.5 Å². The Kier molecular flexibility index (Phi) is 9.77. The van der Waals surface area contributed by atoms with Gasteiger partial charge in [-0.05, 0) is 74.9 Å². The molecule has 0 radical (unpaired) electrons. The van der Waals surface area contributed by atoms with E-state index in [9.17, 15) is 9.90 Å². The number of aliphatic hydroxyl groups excluding tert-OH is 1. The summed E-state index contributed by atoms with van der Waals surface area (Å²) in [6.45, 7) is 5.78. The van der Waals surface area contributed by atoms with Crippen LogP contribution in [0.1, 0.15) is 54.5 Å². The van der Waals surface area contributed by atoms with E-state index < -0.39 is 6.10 Å². The second-order valence-corrected chi connectivity index (χ2v) is 9.61. The summed E-state index contributed by atoms with van der Waals surface area (Å²) in [5, 5.41) is 11.5. The van der Waals surface area contributed by atoms with Crippen LogP contribution in [0.5, 0.6) is 5.75 Å². The Morgan fingerprint density at radius 2 is 2.12 bits per heavy atom. The number of carbonyl (C=O) groups is 1. The summed E-state index contributed by atoms with van der Waals surface area (Å²) in [6.07, 6.45) is 3.10. The molecule has 1 heterocycles. The van der Waals surface area contributed by atoms with Gasteiger partial charge in [-0.2, -0.15) is 0 Å². The van der Waals surface area contributed by atoms with Crippen molar-refractivity contribution in [3.8, 4) is 5.75 Å². The summed E-state index contributed by atoms with van der Waals surface area (Å²) in [5.74, 6) is 0.363. The first-order valence-corrected chi connectivity index (χ1v) is 12.4. The number of nitrogens with two attached hydrogens (primary N) is 1. The van der Waals surface area contributed by atoms with Crippen LogP contribution in [0.2, 0.25) is 5.02 Å². The number of nitrogens with zero attached hydrogens (tertiary/aromatic N) is 1. The Bertz CT molecular complexity index is 968. The SMILES string of the molecule is COc1cccc([C@@H](C)OC[C@H](O)CN2CCC[C@H]2Cc2ccc(Cl)c(C)c2)c1CCC(N)=O. The van der Waals surface area contributed by atoms with Gasteiger partial charge >= 0.3 is 0 Å². The number of aliphatic hydroxyl groups is 1. The first-order valence-electron chi connectivity index (χ1n) is 12.0. The lowest BCUT2D eigenvalue weighted by molar-refractivity contribution is -0.118. The summed E-state index contributed by atoms with van der Waals surface area (Å²) in [6, 6.07) is 12.4. The predicted molar refractivity (Wildman–Crippen MR) is 135 cm³/mol. The lowest BCUT2D eigenvalue weighted by Crippen LogP contribution is -2.39. The number of ether oxygens (including phenoxy) is 2. The van der Waals surface area contributed by atoms with Crippen molar-refractivity contribution in [3.05, 3.63) is 63.7 Å². The smallest absolute Gasteiger partial charge is 0.217 e. The van der Waals surface area contributed by atoms with Gasteiger partial charge in [0, 0.05) is 29.6 Å². The van der Waals surface area contributed by atoms with Crippen molar-refractivity contribution in [2.24, 2.45) is 5.73 Å². The van der Waals surface area contributed by atoms with Crippen molar-refractivity contribution in [2.45, 2.75) is 64.2 Å². The molecule has 3 atom stereocenters. The van der Waals surface area contributed by atoms with Crippen LogP contribution in [-0.2, 0) is 22.4 Å². The first-order chi connectivity index (χ1) is 16.3. The van der Waals surface area contributed by atoms with Crippen LogP contribution in [0.4, 0.5) is 0 Å². The molecule has 0 bridgehead atoms. The third-order valence-electron chi connectivity index (χ3n) is 6.63. The number of aryl methyl sites for hydroxylation is 1. The molecule has 0 spiro atoms. The Hall–Kier alpha value is -2.12. The Balaban J connectivity index is 1.56. The summed E-state index contributed by atoms with van der Waals surface area (Å²) < 4.78 is 11.6. The van der Waals surface area contributed by atoms with E-state index in [2.05, 4.69) is 17.0 Å². The molecule has 0 aliphatic carbocycles. The highest BCUT2D eigenvalue weighted by atomic mass is 35.5. The third kappa shape index (κ3) is 7.19. The minimum Gasteiger partial charge on any atom is -0.496 e. The molecular weight excluding hydrogens is 452 g/mol. The molecular formula is C27H37ClN2O4. The number of hydrogen-bond acceptors (Lipinski definition) is 5. The van der Waals surface area contributed by atoms with Gasteiger partial charge in [0.05, 0.1) is 25.9 Å². The van der Waals surface area contributed by atoms with E-state index in [1.54, 1.807) is 7.11 Å². The number of amides is 1. The zero-order valence-electron chi connectivity index (χ0n) is 20.4. The maximum atomic E-state index is 11.3. The van der Waals surface area contributed by atoms with Gasteiger partial charge in [-0.25, -0.2) is 0 Å². The Morgan fingerprint density at radius 1 is 1.32 bits per heavy atom. The molecule has 34 heavy (non-hydrogen) atoms. The number of hydrogen-bond donors (Lipinski definition) is 2. The van der Waals surface area contributed by atoms with Crippen LogP contribution in [0, 0.1) is 6.92 Å². The number of primary amides is 1. The van der Waals surface area contributed by atoms with E-state index in [4.69, 9.17) is 26.8 Å². The number of rotatable bonds is 12. The summed E-state index contributed by atoms with van der Waals surface area (Å²) >= 11 is 6.17. The predicted octanol–water partition coefficient (Wildman–Crippen LogP) is 4.22. The first kappa shape index (κ1) is 26.5. The van der Waals surface area contributed by atoms with E-state index >= 15 is 0 Å². The fraction of sp³-hybridized carbons (Fsp3) is 0.519. The van der Waals surface area contributed by atoms with Gasteiger partial charge in [0.15, 0.2) is 0 Å². The van der Waals surface area contributed by atoms with E-state index in [0.29, 0.717) is 24.8 Å². The zero-order chi connectivity index (χ0) is 24.7. The Labute approximate surface area is 208 Å². The summed E-state index contributed by atoms with van der Waals surface area (Å²) in [5.41, 5.74) is 9.60. The van der Waals surface area contributed by atoms with E-state index in [1.807, 2.05) is 38.1 Å². The number of carbonyl (C=O) groups excluding carboxylic acids is 1. The van der Waals surface area contributed by atoms with Crippen LogP contribution in [-0.4, -0.2) is 54.9 Å². The van der Waals surface area contributed by atoms with Crippen LogP contribution in [0.15, 0.2) is 36.4 Å². The lowest BCUT2D eigenvalue weighted by atomic mass is 9.98. The van der Waals surface area contributed by atoms with Gasteiger partial charge in [-0.1, -0.05) is 35.9 Å². The number of halogens is 1. The van der Waals surface area contributed by atoms with Crippen LogP contribution < -0.4 is 10.5 Å². The largest absolute Gasteiger partial charge is 0.496 e. The highest BCUT2D eigenvalue weighted by molar-refractivity contribution is 6.31. The molecule has 2 aromatic carbocycles. The molecule has 2 aromatic rings. The van der Waals surface area contributed by atoms with Crippen molar-refractivity contribution in [2.75, 3.05) is 26.8 Å². The monoisotopic (exact) mass is 488 g/mol. The number of methoxy groups -OCH3 is 1. The van der Waals surface area contributed by atoms with Gasteiger partial charge < -0.3 is 20.3 Å².